The van der Waals surface area contributed by atoms with E-state index in [1.165, 1.54) is 24.3 Å². The number of fused-ring (bicyclic) bond motifs is 1. The molecule has 0 saturated heterocycles. The Morgan fingerprint density at radius 1 is 1.00 bits per heavy atom. The molecule has 0 fully saturated rings. The lowest BCUT2D eigenvalue weighted by molar-refractivity contribution is 0.628. The van der Waals surface area contributed by atoms with Crippen molar-refractivity contribution in [2.45, 2.75) is 0 Å². The number of halogens is 1. The van der Waals surface area contributed by atoms with Crippen LogP contribution >= 0.6 is 12.1 Å². The van der Waals surface area contributed by atoms with Crippen molar-refractivity contribution in [2.75, 3.05) is 9.03 Å². The second-order valence-corrected chi connectivity index (χ2v) is 4.23. The van der Waals surface area contributed by atoms with Crippen LogP contribution in [0.1, 0.15) is 0 Å². The maximum absolute atomic E-state index is 12.8. The van der Waals surface area contributed by atoms with E-state index in [-0.39, 0.29) is 5.82 Å². The minimum Gasteiger partial charge on any atom is -0.310 e. The Morgan fingerprint density at radius 2 is 1.75 bits per heavy atom. The Balaban J connectivity index is 2.01. The summed E-state index contributed by atoms with van der Waals surface area (Å²) >= 11 is 1.49. The van der Waals surface area contributed by atoms with Crippen LogP contribution in [-0.4, -0.2) is 0 Å². The van der Waals surface area contributed by atoms with Gasteiger partial charge >= 0.3 is 0 Å². The third kappa shape index (κ3) is 1.51. The van der Waals surface area contributed by atoms with Crippen molar-refractivity contribution < 1.29 is 4.39 Å². The number of hydrogen-bond donors (Lipinski definition) is 1. The van der Waals surface area contributed by atoms with Gasteiger partial charge in [-0.1, -0.05) is 12.1 Å². The summed E-state index contributed by atoms with van der Waals surface area (Å²) in [5.41, 5.74) is 3.14. The first-order valence-corrected chi connectivity index (χ1v) is 5.70. The van der Waals surface area contributed by atoms with E-state index in [2.05, 4.69) is 4.72 Å². The molecule has 0 atom stereocenters. The van der Waals surface area contributed by atoms with Crippen LogP contribution in [0.4, 0.5) is 21.5 Å². The van der Waals surface area contributed by atoms with E-state index in [1.54, 1.807) is 12.1 Å². The number of para-hydroxylation sites is 2. The van der Waals surface area contributed by atoms with Crippen molar-refractivity contribution in [3.8, 4) is 0 Å². The second-order valence-electron chi connectivity index (χ2n) is 3.48. The van der Waals surface area contributed by atoms with E-state index >= 15 is 0 Å². The molecule has 80 valence electrons. The number of anilines is 3. The molecular weight excluding hydrogens is 223 g/mol. The Bertz CT molecular complexity index is 513. The lowest BCUT2D eigenvalue weighted by Gasteiger charge is -2.15. The molecule has 0 unspecified atom stereocenters. The van der Waals surface area contributed by atoms with Crippen LogP contribution in [0.5, 0.6) is 0 Å². The van der Waals surface area contributed by atoms with Gasteiger partial charge in [0.2, 0.25) is 0 Å². The standard InChI is InChI=1S/C12H9FN2S/c13-9-5-7-10(8-6-9)15-12-4-2-1-3-11(12)14-16-15/h1-8,14H. The molecule has 1 aliphatic rings. The minimum absolute atomic E-state index is 0.214. The van der Waals surface area contributed by atoms with E-state index in [4.69, 9.17) is 0 Å². The van der Waals surface area contributed by atoms with Gasteiger partial charge in [-0.2, -0.15) is 0 Å². The zero-order valence-corrected chi connectivity index (χ0v) is 9.17. The van der Waals surface area contributed by atoms with Gasteiger partial charge < -0.3 is 4.72 Å². The molecule has 0 spiro atoms. The number of rotatable bonds is 1. The number of benzene rings is 2. The first kappa shape index (κ1) is 9.54. The third-order valence-corrected chi connectivity index (χ3v) is 3.33. The van der Waals surface area contributed by atoms with Crippen molar-refractivity contribution in [1.29, 1.82) is 0 Å². The molecule has 16 heavy (non-hydrogen) atoms. The van der Waals surface area contributed by atoms with Crippen LogP contribution in [0.2, 0.25) is 0 Å². The fourth-order valence-corrected chi connectivity index (χ4v) is 2.50. The van der Waals surface area contributed by atoms with E-state index < -0.39 is 0 Å². The molecule has 2 aromatic carbocycles. The van der Waals surface area contributed by atoms with Gasteiger partial charge in [0, 0.05) is 0 Å². The highest BCUT2D eigenvalue weighted by molar-refractivity contribution is 8.02. The number of nitrogens with zero attached hydrogens (tertiary/aromatic N) is 1. The Labute approximate surface area is 97.4 Å². The predicted octanol–water partition coefficient (Wildman–Crippen LogP) is 3.95. The molecule has 1 heterocycles. The molecule has 0 radical (unpaired) electrons. The molecule has 1 aliphatic heterocycles. The maximum Gasteiger partial charge on any atom is 0.123 e. The largest absolute Gasteiger partial charge is 0.310 e. The van der Waals surface area contributed by atoms with E-state index in [0.29, 0.717) is 0 Å². The smallest absolute Gasteiger partial charge is 0.123 e. The quantitative estimate of drug-likeness (QED) is 0.749. The van der Waals surface area contributed by atoms with Crippen molar-refractivity contribution in [1.82, 2.24) is 0 Å². The van der Waals surface area contributed by atoms with E-state index in [0.717, 1.165) is 17.1 Å². The molecule has 0 bridgehead atoms. The highest BCUT2D eigenvalue weighted by atomic mass is 32.2. The zero-order valence-electron chi connectivity index (χ0n) is 8.35. The first-order valence-electron chi connectivity index (χ1n) is 4.92. The van der Waals surface area contributed by atoms with Gasteiger partial charge in [-0.25, -0.2) is 4.39 Å². The molecule has 4 heteroatoms. The SMILES string of the molecule is Fc1ccc(N2SNc3ccccc32)cc1. The summed E-state index contributed by atoms with van der Waals surface area (Å²) in [6.45, 7) is 0. The molecule has 1 N–H and O–H groups in total. The van der Waals surface area contributed by atoms with Crippen LogP contribution in [0, 0.1) is 5.82 Å². The summed E-state index contributed by atoms with van der Waals surface area (Å²) < 4.78 is 18.1. The highest BCUT2D eigenvalue weighted by Gasteiger charge is 2.20. The minimum atomic E-state index is -0.214. The van der Waals surface area contributed by atoms with Gasteiger partial charge in [0.15, 0.2) is 0 Å². The molecule has 0 aromatic heterocycles. The molecule has 2 nitrogen and oxygen atoms in total. The summed E-state index contributed by atoms with van der Waals surface area (Å²) in [7, 11) is 0. The average molecular weight is 232 g/mol. The van der Waals surface area contributed by atoms with Crippen molar-refractivity contribution in [3.05, 3.63) is 54.3 Å². The van der Waals surface area contributed by atoms with Crippen LogP contribution in [0.25, 0.3) is 0 Å². The molecule has 0 amide bonds. The molecule has 2 aromatic rings. The van der Waals surface area contributed by atoms with Crippen LogP contribution < -0.4 is 9.03 Å². The summed E-state index contributed by atoms with van der Waals surface area (Å²) in [4.78, 5) is 0. The average Bonchev–Trinajstić information content (AvgIpc) is 2.74. The lowest BCUT2D eigenvalue weighted by atomic mass is 10.2. The summed E-state index contributed by atoms with van der Waals surface area (Å²) in [6, 6.07) is 14.5. The predicted molar refractivity (Wildman–Crippen MR) is 66.2 cm³/mol. The van der Waals surface area contributed by atoms with Crippen LogP contribution in [0.15, 0.2) is 48.5 Å². The molecule has 0 saturated carbocycles. The topological polar surface area (TPSA) is 15.3 Å². The fourth-order valence-electron chi connectivity index (χ4n) is 1.65. The fraction of sp³-hybridized carbons (Fsp3) is 0. The second kappa shape index (κ2) is 3.72. The Kier molecular flexibility index (Phi) is 2.22. The normalized spacial score (nSPS) is 13.4. The Hall–Kier alpha value is -1.68. The number of hydrogen-bond acceptors (Lipinski definition) is 3. The molecule has 3 rings (SSSR count). The monoisotopic (exact) mass is 232 g/mol. The lowest BCUT2D eigenvalue weighted by Crippen LogP contribution is -2.02. The van der Waals surface area contributed by atoms with Crippen LogP contribution in [-0.2, 0) is 0 Å². The van der Waals surface area contributed by atoms with Gasteiger partial charge in [0.1, 0.15) is 5.82 Å². The first-order chi connectivity index (χ1) is 7.84. The molecular formula is C12H9FN2S. The summed E-state index contributed by atoms with van der Waals surface area (Å²) in [5, 5.41) is 0. The van der Waals surface area contributed by atoms with Gasteiger partial charge in [0.25, 0.3) is 0 Å². The summed E-state index contributed by atoms with van der Waals surface area (Å²) in [6.07, 6.45) is 0. The van der Waals surface area contributed by atoms with Crippen molar-refractivity contribution in [3.63, 3.8) is 0 Å². The third-order valence-electron chi connectivity index (χ3n) is 2.43. The van der Waals surface area contributed by atoms with E-state index in [1.807, 2.05) is 28.6 Å². The van der Waals surface area contributed by atoms with Crippen molar-refractivity contribution >= 4 is 29.2 Å². The van der Waals surface area contributed by atoms with Crippen LogP contribution in [0.3, 0.4) is 0 Å². The van der Waals surface area contributed by atoms with Gasteiger partial charge in [-0.3, -0.25) is 4.31 Å². The van der Waals surface area contributed by atoms with E-state index in [9.17, 15) is 4.39 Å². The summed E-state index contributed by atoms with van der Waals surface area (Å²) in [5.74, 6) is -0.214. The van der Waals surface area contributed by atoms with Gasteiger partial charge in [-0.15, -0.1) is 0 Å². The van der Waals surface area contributed by atoms with Gasteiger partial charge in [-0.05, 0) is 36.4 Å². The van der Waals surface area contributed by atoms with Crippen molar-refractivity contribution in [2.24, 2.45) is 0 Å². The van der Waals surface area contributed by atoms with Gasteiger partial charge in [0.05, 0.1) is 29.2 Å². The zero-order chi connectivity index (χ0) is 11.0. The highest BCUT2D eigenvalue weighted by Crippen LogP contribution is 2.43. The Morgan fingerprint density at radius 3 is 2.56 bits per heavy atom. The molecule has 0 aliphatic carbocycles. The maximum atomic E-state index is 12.8. The number of nitrogens with one attached hydrogen (secondary N) is 1.